The van der Waals surface area contributed by atoms with Gasteiger partial charge in [-0.3, -0.25) is 14.8 Å². The number of nitrogens with zero attached hydrogens (tertiary/aromatic N) is 4. The van der Waals surface area contributed by atoms with Crippen molar-refractivity contribution in [1.82, 2.24) is 15.0 Å². The standard InChI is InChI=1S/C27H16ClF5N4O/c28-19-5-3-14(10-18(19)27(31,32)33)23(38)11-15-4-6-20(29)17(24(15)30)12-22-16(2-1-8-34-22)25-26-21(7-9-35-26)36-13-37-25/h1-6,8-10,13H,7,11-12H2. The number of fused-ring (bicyclic) bond motifs is 1. The number of hydrogen-bond acceptors (Lipinski definition) is 5. The summed E-state index contributed by atoms with van der Waals surface area (Å²) in [7, 11) is 0. The molecule has 0 unspecified atom stereocenters. The first-order valence-corrected chi connectivity index (χ1v) is 11.7. The topological polar surface area (TPSA) is 68.1 Å². The van der Waals surface area contributed by atoms with Crippen LogP contribution < -0.4 is 0 Å². The van der Waals surface area contributed by atoms with E-state index in [2.05, 4.69) is 19.9 Å². The molecule has 2 aromatic carbocycles. The predicted octanol–water partition coefficient (Wildman–Crippen LogP) is 6.76. The van der Waals surface area contributed by atoms with Crippen LogP contribution in [-0.4, -0.2) is 26.9 Å². The van der Waals surface area contributed by atoms with Crippen molar-refractivity contribution in [2.45, 2.75) is 25.4 Å². The van der Waals surface area contributed by atoms with E-state index in [1.165, 1.54) is 12.5 Å². The average Bonchev–Trinajstić information content (AvgIpc) is 3.37. The summed E-state index contributed by atoms with van der Waals surface area (Å²) in [6.45, 7) is 0. The lowest BCUT2D eigenvalue weighted by Gasteiger charge is -2.13. The van der Waals surface area contributed by atoms with Crippen LogP contribution in [0.3, 0.4) is 0 Å². The highest BCUT2D eigenvalue weighted by atomic mass is 35.5. The van der Waals surface area contributed by atoms with E-state index in [1.807, 2.05) is 0 Å². The minimum absolute atomic E-state index is 0.167. The molecule has 0 aliphatic carbocycles. The van der Waals surface area contributed by atoms with Crippen molar-refractivity contribution in [3.05, 3.63) is 105 Å². The highest BCUT2D eigenvalue weighted by Gasteiger charge is 2.34. The Bertz CT molecular complexity index is 1600. The lowest BCUT2D eigenvalue weighted by Crippen LogP contribution is -2.11. The van der Waals surface area contributed by atoms with E-state index in [4.69, 9.17) is 11.6 Å². The van der Waals surface area contributed by atoms with Gasteiger partial charge in [0, 0.05) is 48.4 Å². The third kappa shape index (κ3) is 4.91. The molecule has 3 heterocycles. The second-order valence-electron chi connectivity index (χ2n) is 8.50. The van der Waals surface area contributed by atoms with Crippen molar-refractivity contribution in [3.8, 4) is 11.3 Å². The molecule has 11 heteroatoms. The van der Waals surface area contributed by atoms with Gasteiger partial charge in [0.2, 0.25) is 0 Å². The summed E-state index contributed by atoms with van der Waals surface area (Å²) in [6, 6.07) is 8.19. The number of benzene rings is 2. The number of ketones is 1. The fraction of sp³-hybridized carbons (Fsp3) is 0.148. The van der Waals surface area contributed by atoms with Crippen LogP contribution in [0.5, 0.6) is 0 Å². The van der Waals surface area contributed by atoms with Gasteiger partial charge in [-0.05, 0) is 42.0 Å². The lowest BCUT2D eigenvalue weighted by molar-refractivity contribution is -0.137. The second kappa shape index (κ2) is 10.0. The molecule has 0 saturated heterocycles. The molecule has 0 amide bonds. The molecule has 0 N–H and O–H groups in total. The molecule has 4 aromatic rings. The van der Waals surface area contributed by atoms with Crippen LogP contribution >= 0.6 is 11.6 Å². The van der Waals surface area contributed by atoms with Gasteiger partial charge in [-0.1, -0.05) is 17.7 Å². The van der Waals surface area contributed by atoms with Gasteiger partial charge in [0.1, 0.15) is 29.3 Å². The third-order valence-corrected chi connectivity index (χ3v) is 6.43. The molecule has 1 aliphatic heterocycles. The first kappa shape index (κ1) is 25.6. The Labute approximate surface area is 218 Å². The van der Waals surface area contributed by atoms with Crippen molar-refractivity contribution < 1.29 is 26.7 Å². The van der Waals surface area contributed by atoms with Crippen LogP contribution in [0.2, 0.25) is 5.02 Å². The van der Waals surface area contributed by atoms with E-state index in [0.717, 1.165) is 30.0 Å². The zero-order chi connectivity index (χ0) is 27.0. The Morgan fingerprint density at radius 2 is 1.84 bits per heavy atom. The van der Waals surface area contributed by atoms with E-state index in [-0.39, 0.29) is 23.1 Å². The molecular formula is C27H16ClF5N4O. The van der Waals surface area contributed by atoms with Gasteiger partial charge < -0.3 is 0 Å². The number of aromatic nitrogens is 3. The maximum atomic E-state index is 15.5. The van der Waals surface area contributed by atoms with Gasteiger partial charge >= 0.3 is 6.18 Å². The number of aliphatic imine (C=N–C) groups is 1. The van der Waals surface area contributed by atoms with E-state index in [0.29, 0.717) is 35.1 Å². The second-order valence-corrected chi connectivity index (χ2v) is 8.91. The Hall–Kier alpha value is -4.05. The molecule has 0 radical (unpaired) electrons. The molecule has 0 bridgehead atoms. The number of carbonyl (C=O) groups excluding carboxylic acids is 1. The SMILES string of the molecule is O=C(Cc1ccc(F)c(Cc2ncccc2-c2ncnc3c2N=CC3)c1F)c1ccc(Cl)c(C(F)(F)F)c1. The van der Waals surface area contributed by atoms with Crippen LogP contribution in [-0.2, 0) is 25.4 Å². The number of alkyl halides is 3. The number of halogens is 6. The molecule has 38 heavy (non-hydrogen) atoms. The van der Waals surface area contributed by atoms with Gasteiger partial charge in [0.05, 0.1) is 22.0 Å². The summed E-state index contributed by atoms with van der Waals surface area (Å²) in [5, 5.41) is -0.560. The maximum Gasteiger partial charge on any atom is 0.417 e. The molecule has 5 rings (SSSR count). The molecule has 2 aromatic heterocycles. The number of hydrogen-bond donors (Lipinski definition) is 0. The smallest absolute Gasteiger partial charge is 0.294 e. The van der Waals surface area contributed by atoms with E-state index >= 15 is 4.39 Å². The molecule has 0 atom stereocenters. The zero-order valence-electron chi connectivity index (χ0n) is 19.4. The number of Topliss-reactive ketones (excluding diaryl/α,β-unsaturated/α-hetero) is 1. The van der Waals surface area contributed by atoms with Crippen LogP contribution in [0.25, 0.3) is 11.3 Å². The van der Waals surface area contributed by atoms with E-state index < -0.39 is 40.6 Å². The molecule has 1 aliphatic rings. The molecule has 0 saturated carbocycles. The van der Waals surface area contributed by atoms with Gasteiger partial charge in [0.15, 0.2) is 5.78 Å². The summed E-state index contributed by atoms with van der Waals surface area (Å²) in [6.07, 6.45) is -0.523. The largest absolute Gasteiger partial charge is 0.417 e. The highest BCUT2D eigenvalue weighted by Crippen LogP contribution is 2.37. The van der Waals surface area contributed by atoms with Gasteiger partial charge in [-0.15, -0.1) is 0 Å². The minimum Gasteiger partial charge on any atom is -0.294 e. The molecule has 192 valence electrons. The first-order valence-electron chi connectivity index (χ1n) is 11.3. The van der Waals surface area contributed by atoms with Crippen molar-refractivity contribution in [3.63, 3.8) is 0 Å². The summed E-state index contributed by atoms with van der Waals surface area (Å²) in [4.78, 5) is 29.9. The van der Waals surface area contributed by atoms with Gasteiger partial charge in [-0.2, -0.15) is 13.2 Å². The van der Waals surface area contributed by atoms with Crippen LogP contribution in [0.4, 0.5) is 27.6 Å². The average molecular weight is 543 g/mol. The summed E-state index contributed by atoms with van der Waals surface area (Å²) in [5.41, 5.74) is 0.627. The summed E-state index contributed by atoms with van der Waals surface area (Å²) in [5.74, 6) is -2.62. The van der Waals surface area contributed by atoms with Gasteiger partial charge in [-0.25, -0.2) is 18.7 Å². The number of carbonyl (C=O) groups is 1. The monoisotopic (exact) mass is 542 g/mol. The van der Waals surface area contributed by atoms with Gasteiger partial charge in [0.25, 0.3) is 0 Å². The van der Waals surface area contributed by atoms with Crippen LogP contribution in [0.1, 0.15) is 38.4 Å². The quantitative estimate of drug-likeness (QED) is 0.199. The van der Waals surface area contributed by atoms with Crippen molar-refractivity contribution in [2.75, 3.05) is 0 Å². The first-order chi connectivity index (χ1) is 18.1. The third-order valence-electron chi connectivity index (χ3n) is 6.10. The normalized spacial score (nSPS) is 12.6. The molecule has 0 fully saturated rings. The van der Waals surface area contributed by atoms with Crippen LogP contribution in [0.15, 0.2) is 60.0 Å². The number of rotatable bonds is 6. The van der Waals surface area contributed by atoms with E-state index in [1.54, 1.807) is 18.3 Å². The molecule has 5 nitrogen and oxygen atoms in total. The Morgan fingerprint density at radius 3 is 2.63 bits per heavy atom. The lowest BCUT2D eigenvalue weighted by atomic mass is 9.96. The summed E-state index contributed by atoms with van der Waals surface area (Å²) < 4.78 is 69.9. The molecule has 0 spiro atoms. The predicted molar refractivity (Wildman–Crippen MR) is 131 cm³/mol. The van der Waals surface area contributed by atoms with Crippen molar-refractivity contribution >= 4 is 29.3 Å². The zero-order valence-corrected chi connectivity index (χ0v) is 20.1. The Morgan fingerprint density at radius 1 is 1.03 bits per heavy atom. The fourth-order valence-corrected chi connectivity index (χ4v) is 4.44. The van der Waals surface area contributed by atoms with Crippen molar-refractivity contribution in [1.29, 1.82) is 0 Å². The molecular weight excluding hydrogens is 527 g/mol. The summed E-state index contributed by atoms with van der Waals surface area (Å²) >= 11 is 5.62. The highest BCUT2D eigenvalue weighted by molar-refractivity contribution is 6.31. The minimum atomic E-state index is -4.77. The van der Waals surface area contributed by atoms with Crippen LogP contribution in [0, 0.1) is 11.6 Å². The van der Waals surface area contributed by atoms with Crippen molar-refractivity contribution in [2.24, 2.45) is 4.99 Å². The maximum absolute atomic E-state index is 15.5. The van der Waals surface area contributed by atoms with E-state index in [9.17, 15) is 22.4 Å². The Balaban J connectivity index is 1.47. The fourth-order valence-electron chi connectivity index (χ4n) is 4.22. The number of pyridine rings is 1. The Kier molecular flexibility index (Phi) is 6.75.